The zero-order chi connectivity index (χ0) is 12.1. The number of hydrogen-bond acceptors (Lipinski definition) is 2. The van der Waals surface area contributed by atoms with Gasteiger partial charge in [-0.2, -0.15) is 0 Å². The molecular formula is C14H25N3. The van der Waals surface area contributed by atoms with Crippen molar-refractivity contribution in [2.45, 2.75) is 64.0 Å². The minimum absolute atomic E-state index is 0.603. The first kappa shape index (κ1) is 12.6. The van der Waals surface area contributed by atoms with Gasteiger partial charge < -0.3 is 9.88 Å². The van der Waals surface area contributed by atoms with Crippen molar-refractivity contribution in [3.8, 4) is 0 Å². The summed E-state index contributed by atoms with van der Waals surface area (Å²) in [6.45, 7) is 2.22. The Kier molecular flexibility index (Phi) is 4.60. The Morgan fingerprint density at radius 1 is 1.35 bits per heavy atom. The number of nitrogens with zero attached hydrogens (tertiary/aromatic N) is 2. The highest BCUT2D eigenvalue weighted by atomic mass is 15.1. The van der Waals surface area contributed by atoms with Gasteiger partial charge in [-0.1, -0.05) is 26.2 Å². The second-order valence-corrected chi connectivity index (χ2v) is 5.10. The average molecular weight is 235 g/mol. The summed E-state index contributed by atoms with van der Waals surface area (Å²) in [6.07, 6.45) is 13.1. The molecule has 3 heteroatoms. The lowest BCUT2D eigenvalue weighted by Gasteiger charge is -2.27. The summed E-state index contributed by atoms with van der Waals surface area (Å²) in [5.74, 6) is 1.26. The Labute approximate surface area is 105 Å². The third kappa shape index (κ3) is 2.89. The van der Waals surface area contributed by atoms with E-state index in [4.69, 9.17) is 0 Å². The molecule has 1 aliphatic carbocycles. The van der Waals surface area contributed by atoms with Gasteiger partial charge in [-0.25, -0.2) is 4.98 Å². The van der Waals surface area contributed by atoms with Crippen LogP contribution in [0.5, 0.6) is 0 Å². The lowest BCUT2D eigenvalue weighted by molar-refractivity contribution is 0.339. The Bertz CT molecular complexity index is 332. The third-order valence-electron chi connectivity index (χ3n) is 3.93. The molecule has 1 N–H and O–H groups in total. The van der Waals surface area contributed by atoms with Crippen LogP contribution in [0.2, 0.25) is 0 Å². The summed E-state index contributed by atoms with van der Waals surface area (Å²) in [5.41, 5.74) is 0. The summed E-state index contributed by atoms with van der Waals surface area (Å²) in [5, 5.41) is 3.50. The predicted octanol–water partition coefficient (Wildman–Crippen LogP) is 2.93. The van der Waals surface area contributed by atoms with Gasteiger partial charge in [0.25, 0.3) is 0 Å². The van der Waals surface area contributed by atoms with Crippen molar-refractivity contribution in [3.63, 3.8) is 0 Å². The summed E-state index contributed by atoms with van der Waals surface area (Å²) in [4.78, 5) is 4.52. The van der Waals surface area contributed by atoms with E-state index in [2.05, 4.69) is 35.0 Å². The molecule has 2 atom stereocenters. The molecular weight excluding hydrogens is 210 g/mol. The fraction of sp³-hybridized carbons (Fsp3) is 0.786. The van der Waals surface area contributed by atoms with Crippen molar-refractivity contribution >= 4 is 0 Å². The molecule has 3 nitrogen and oxygen atoms in total. The molecule has 0 aromatic carbocycles. The van der Waals surface area contributed by atoms with Crippen LogP contribution in [0.1, 0.15) is 57.3 Å². The smallest absolute Gasteiger partial charge is 0.108 e. The summed E-state index contributed by atoms with van der Waals surface area (Å²) < 4.78 is 2.43. The molecule has 2 unspecified atom stereocenters. The van der Waals surface area contributed by atoms with Crippen LogP contribution in [-0.4, -0.2) is 22.6 Å². The minimum atomic E-state index is 0.603. The number of aryl methyl sites for hydroxylation is 1. The van der Waals surface area contributed by atoms with Crippen LogP contribution in [-0.2, 0) is 6.42 Å². The molecule has 1 aromatic rings. The zero-order valence-electron chi connectivity index (χ0n) is 11.2. The van der Waals surface area contributed by atoms with Crippen LogP contribution in [0.3, 0.4) is 0 Å². The van der Waals surface area contributed by atoms with E-state index in [0.717, 1.165) is 6.42 Å². The Morgan fingerprint density at radius 3 is 2.94 bits per heavy atom. The highest BCUT2D eigenvalue weighted by molar-refractivity contribution is 4.98. The van der Waals surface area contributed by atoms with Crippen LogP contribution in [0.25, 0.3) is 0 Å². The van der Waals surface area contributed by atoms with Gasteiger partial charge in [-0.3, -0.25) is 0 Å². The molecule has 1 fully saturated rings. The molecule has 1 aromatic heterocycles. The Morgan fingerprint density at radius 2 is 2.18 bits per heavy atom. The number of nitrogens with one attached hydrogen (secondary N) is 1. The minimum Gasteiger partial charge on any atom is -0.330 e. The highest BCUT2D eigenvalue weighted by Gasteiger charge is 2.24. The maximum Gasteiger partial charge on any atom is 0.108 e. The number of rotatable bonds is 4. The first-order chi connectivity index (χ1) is 8.36. The van der Waals surface area contributed by atoms with Crippen molar-refractivity contribution in [2.75, 3.05) is 7.05 Å². The fourth-order valence-electron chi connectivity index (χ4n) is 3.02. The maximum absolute atomic E-state index is 4.52. The van der Waals surface area contributed by atoms with Gasteiger partial charge in [-0.05, 0) is 26.3 Å². The van der Waals surface area contributed by atoms with Crippen LogP contribution >= 0.6 is 0 Å². The number of hydrogen-bond donors (Lipinski definition) is 1. The molecule has 17 heavy (non-hydrogen) atoms. The van der Waals surface area contributed by atoms with Crippen molar-refractivity contribution < 1.29 is 0 Å². The van der Waals surface area contributed by atoms with Gasteiger partial charge in [-0.15, -0.1) is 0 Å². The van der Waals surface area contributed by atoms with Crippen LogP contribution < -0.4 is 5.32 Å². The largest absolute Gasteiger partial charge is 0.330 e. The van der Waals surface area contributed by atoms with Crippen molar-refractivity contribution in [1.82, 2.24) is 14.9 Å². The normalized spacial score (nSPS) is 25.8. The van der Waals surface area contributed by atoms with Crippen LogP contribution in [0.4, 0.5) is 0 Å². The molecule has 0 spiro atoms. The SMILES string of the molecule is CCCc1nccn1C1CCCCCC1NC. The standard InChI is InChI=1S/C14H25N3/c1-3-7-14-16-10-11-17(14)13-9-6-4-5-8-12(13)15-2/h10-13,15H,3-9H2,1-2H3. The van der Waals surface area contributed by atoms with Gasteiger partial charge in [0.05, 0.1) is 6.04 Å². The molecule has 1 aliphatic rings. The second kappa shape index (κ2) is 6.20. The Balaban J connectivity index is 2.19. The van der Waals surface area contributed by atoms with Gasteiger partial charge in [0.2, 0.25) is 0 Å². The highest BCUT2D eigenvalue weighted by Crippen LogP contribution is 2.28. The molecule has 2 rings (SSSR count). The summed E-state index contributed by atoms with van der Waals surface area (Å²) in [7, 11) is 2.10. The van der Waals surface area contributed by atoms with Crippen LogP contribution in [0, 0.1) is 0 Å². The number of imidazole rings is 1. The number of likely N-dealkylation sites (N-methyl/N-ethyl adjacent to an activating group) is 1. The first-order valence-corrected chi connectivity index (χ1v) is 7.05. The van der Waals surface area contributed by atoms with E-state index in [9.17, 15) is 0 Å². The van der Waals surface area contributed by atoms with E-state index >= 15 is 0 Å². The lowest BCUT2D eigenvalue weighted by atomic mass is 10.0. The topological polar surface area (TPSA) is 29.9 Å². The molecule has 0 amide bonds. The lowest BCUT2D eigenvalue weighted by Crippen LogP contribution is -2.35. The van der Waals surface area contributed by atoms with E-state index in [0.29, 0.717) is 12.1 Å². The molecule has 0 saturated heterocycles. The van der Waals surface area contributed by atoms with Crippen molar-refractivity contribution in [3.05, 3.63) is 18.2 Å². The third-order valence-corrected chi connectivity index (χ3v) is 3.93. The molecule has 96 valence electrons. The van der Waals surface area contributed by atoms with Gasteiger partial charge in [0.15, 0.2) is 0 Å². The molecule has 1 heterocycles. The van der Waals surface area contributed by atoms with Crippen molar-refractivity contribution in [2.24, 2.45) is 0 Å². The van der Waals surface area contributed by atoms with Gasteiger partial charge in [0, 0.05) is 24.9 Å². The average Bonchev–Trinajstić information content (AvgIpc) is 2.66. The molecule has 0 bridgehead atoms. The van der Waals surface area contributed by atoms with E-state index in [1.54, 1.807) is 0 Å². The van der Waals surface area contributed by atoms with Gasteiger partial charge >= 0.3 is 0 Å². The van der Waals surface area contributed by atoms with E-state index in [1.165, 1.54) is 44.3 Å². The monoisotopic (exact) mass is 235 g/mol. The van der Waals surface area contributed by atoms with Gasteiger partial charge in [0.1, 0.15) is 5.82 Å². The summed E-state index contributed by atoms with van der Waals surface area (Å²) >= 11 is 0. The van der Waals surface area contributed by atoms with E-state index < -0.39 is 0 Å². The summed E-state index contributed by atoms with van der Waals surface area (Å²) in [6, 6.07) is 1.22. The van der Waals surface area contributed by atoms with Crippen molar-refractivity contribution in [1.29, 1.82) is 0 Å². The van der Waals surface area contributed by atoms with E-state index in [-0.39, 0.29) is 0 Å². The zero-order valence-corrected chi connectivity index (χ0v) is 11.2. The molecule has 0 radical (unpaired) electrons. The van der Waals surface area contributed by atoms with E-state index in [1.807, 2.05) is 6.20 Å². The fourth-order valence-corrected chi connectivity index (χ4v) is 3.02. The molecule has 0 aliphatic heterocycles. The second-order valence-electron chi connectivity index (χ2n) is 5.10. The van der Waals surface area contributed by atoms with Crippen LogP contribution in [0.15, 0.2) is 12.4 Å². The number of aromatic nitrogens is 2. The quantitative estimate of drug-likeness (QED) is 0.813. The molecule has 1 saturated carbocycles. The Hall–Kier alpha value is -0.830. The maximum atomic E-state index is 4.52. The predicted molar refractivity (Wildman–Crippen MR) is 71.2 cm³/mol. The first-order valence-electron chi connectivity index (χ1n) is 7.05.